The van der Waals surface area contributed by atoms with E-state index >= 15 is 0 Å². The molecule has 0 aliphatic heterocycles. The number of methoxy groups -OCH3 is 1. The Bertz CT molecular complexity index is 420. The van der Waals surface area contributed by atoms with E-state index in [2.05, 4.69) is 17.4 Å². The Kier molecular flexibility index (Phi) is 7.26. The van der Waals surface area contributed by atoms with E-state index in [4.69, 9.17) is 9.47 Å². The largest absolute Gasteiger partial charge is 0.469 e. The van der Waals surface area contributed by atoms with E-state index in [1.54, 1.807) is 0 Å². The molecule has 1 aromatic carbocycles. The number of carbonyl (C=O) groups excluding carboxylic acids is 1. The molecule has 20 heavy (non-hydrogen) atoms. The van der Waals surface area contributed by atoms with Crippen LogP contribution < -0.4 is 5.32 Å². The van der Waals surface area contributed by atoms with Crippen molar-refractivity contribution in [2.45, 2.75) is 40.0 Å². The molecule has 0 radical (unpaired) electrons. The highest BCUT2D eigenvalue weighted by atomic mass is 16.5. The van der Waals surface area contributed by atoms with Crippen molar-refractivity contribution in [2.75, 3.05) is 13.7 Å². The van der Waals surface area contributed by atoms with E-state index in [0.29, 0.717) is 19.8 Å². The molecule has 0 aromatic heterocycles. The van der Waals surface area contributed by atoms with Crippen LogP contribution in [0.2, 0.25) is 0 Å². The van der Waals surface area contributed by atoms with Crippen LogP contribution in [0.15, 0.2) is 24.3 Å². The second kappa shape index (κ2) is 8.72. The number of hydrogen-bond acceptors (Lipinski definition) is 4. The fraction of sp³-hybridized carbons (Fsp3) is 0.562. The van der Waals surface area contributed by atoms with Gasteiger partial charge in [-0.05, 0) is 25.0 Å². The molecular weight excluding hydrogens is 254 g/mol. The van der Waals surface area contributed by atoms with Crippen molar-refractivity contribution in [1.82, 2.24) is 5.32 Å². The maximum absolute atomic E-state index is 11.5. The molecule has 0 heterocycles. The van der Waals surface area contributed by atoms with E-state index in [-0.39, 0.29) is 17.9 Å². The van der Waals surface area contributed by atoms with Crippen LogP contribution in [-0.4, -0.2) is 25.7 Å². The van der Waals surface area contributed by atoms with Crippen molar-refractivity contribution in [2.24, 2.45) is 5.92 Å². The number of rotatable bonds is 8. The minimum absolute atomic E-state index is 0.0580. The van der Waals surface area contributed by atoms with Crippen LogP contribution >= 0.6 is 0 Å². The summed E-state index contributed by atoms with van der Waals surface area (Å²) in [5.74, 6) is -0.355. The molecular formula is C16H25NO3. The van der Waals surface area contributed by atoms with Crippen LogP contribution in [0, 0.1) is 5.92 Å². The molecule has 0 aliphatic carbocycles. The lowest BCUT2D eigenvalue weighted by atomic mass is 10.0. The first kappa shape index (κ1) is 16.7. The quantitative estimate of drug-likeness (QED) is 0.743. The average molecular weight is 279 g/mol. The van der Waals surface area contributed by atoms with E-state index in [1.165, 1.54) is 18.2 Å². The maximum atomic E-state index is 11.5. The van der Waals surface area contributed by atoms with Crippen LogP contribution in [0.25, 0.3) is 0 Å². The van der Waals surface area contributed by atoms with Gasteiger partial charge in [-0.25, -0.2) is 0 Å². The molecule has 1 N–H and O–H groups in total. The Balaban J connectivity index is 2.58. The predicted octanol–water partition coefficient (Wildman–Crippen LogP) is 2.51. The van der Waals surface area contributed by atoms with Gasteiger partial charge in [-0.2, -0.15) is 0 Å². The molecule has 2 atom stereocenters. The second-order valence-electron chi connectivity index (χ2n) is 4.89. The molecule has 0 spiro atoms. The fourth-order valence-corrected chi connectivity index (χ4v) is 1.92. The molecule has 4 nitrogen and oxygen atoms in total. The summed E-state index contributed by atoms with van der Waals surface area (Å²) in [4.78, 5) is 11.5. The molecule has 0 saturated carbocycles. The van der Waals surface area contributed by atoms with Crippen LogP contribution in [-0.2, 0) is 27.4 Å². The molecule has 0 bridgehead atoms. The first-order valence-electron chi connectivity index (χ1n) is 7.05. The lowest BCUT2D eigenvalue weighted by Crippen LogP contribution is -2.36. The number of carbonyl (C=O) groups is 1. The summed E-state index contributed by atoms with van der Waals surface area (Å²) in [6.45, 7) is 7.89. The number of ether oxygens (including phenoxy) is 2. The minimum atomic E-state index is -0.187. The maximum Gasteiger partial charge on any atom is 0.309 e. The van der Waals surface area contributed by atoms with Crippen molar-refractivity contribution in [1.29, 1.82) is 0 Å². The summed E-state index contributed by atoms with van der Waals surface area (Å²) in [5.41, 5.74) is 2.38. The lowest BCUT2D eigenvalue weighted by Gasteiger charge is -2.20. The van der Waals surface area contributed by atoms with Gasteiger partial charge in [0.1, 0.15) is 0 Å². The Hall–Kier alpha value is -1.39. The van der Waals surface area contributed by atoms with Crippen molar-refractivity contribution in [3.63, 3.8) is 0 Å². The second-order valence-corrected chi connectivity index (χ2v) is 4.89. The molecule has 1 rings (SSSR count). The summed E-state index contributed by atoms with van der Waals surface area (Å²) in [7, 11) is 1.42. The molecule has 4 heteroatoms. The smallest absolute Gasteiger partial charge is 0.309 e. The number of nitrogens with one attached hydrogen (secondary N) is 1. The highest BCUT2D eigenvalue weighted by molar-refractivity contribution is 5.72. The highest BCUT2D eigenvalue weighted by Gasteiger charge is 2.20. The molecule has 0 aliphatic rings. The Morgan fingerprint density at radius 2 is 1.90 bits per heavy atom. The third-order valence-electron chi connectivity index (χ3n) is 3.52. The number of hydrogen-bond donors (Lipinski definition) is 1. The van der Waals surface area contributed by atoms with E-state index in [9.17, 15) is 4.79 Å². The van der Waals surface area contributed by atoms with Gasteiger partial charge in [0.2, 0.25) is 0 Å². The van der Waals surface area contributed by atoms with E-state index in [0.717, 1.165) is 0 Å². The van der Waals surface area contributed by atoms with E-state index < -0.39 is 0 Å². The van der Waals surface area contributed by atoms with E-state index in [1.807, 2.05) is 32.9 Å². The Morgan fingerprint density at radius 3 is 2.50 bits per heavy atom. The molecule has 0 fully saturated rings. The lowest BCUT2D eigenvalue weighted by molar-refractivity contribution is -0.145. The Morgan fingerprint density at radius 1 is 1.25 bits per heavy atom. The van der Waals surface area contributed by atoms with Crippen molar-refractivity contribution in [3.05, 3.63) is 35.4 Å². The van der Waals surface area contributed by atoms with Gasteiger partial charge >= 0.3 is 5.97 Å². The first-order valence-corrected chi connectivity index (χ1v) is 7.05. The van der Waals surface area contributed by atoms with Crippen LogP contribution in [0.3, 0.4) is 0 Å². The molecule has 112 valence electrons. The zero-order chi connectivity index (χ0) is 15.0. The summed E-state index contributed by atoms with van der Waals surface area (Å²) in [5, 5.41) is 3.37. The normalized spacial score (nSPS) is 13.8. The van der Waals surface area contributed by atoms with Crippen LogP contribution in [0.4, 0.5) is 0 Å². The number of benzene rings is 1. The van der Waals surface area contributed by atoms with Gasteiger partial charge in [0, 0.05) is 19.2 Å². The van der Waals surface area contributed by atoms with Gasteiger partial charge in [-0.15, -0.1) is 0 Å². The summed E-state index contributed by atoms with van der Waals surface area (Å²) in [6.07, 6.45) is 0. The van der Waals surface area contributed by atoms with Crippen molar-refractivity contribution in [3.8, 4) is 0 Å². The fourth-order valence-electron chi connectivity index (χ4n) is 1.92. The van der Waals surface area contributed by atoms with Crippen molar-refractivity contribution < 1.29 is 14.3 Å². The topological polar surface area (TPSA) is 47.6 Å². The van der Waals surface area contributed by atoms with Gasteiger partial charge in [0.25, 0.3) is 0 Å². The Labute approximate surface area is 121 Å². The van der Waals surface area contributed by atoms with Crippen molar-refractivity contribution >= 4 is 5.97 Å². The average Bonchev–Trinajstić information content (AvgIpc) is 2.49. The number of esters is 1. The molecule has 1 aromatic rings. The minimum Gasteiger partial charge on any atom is -0.469 e. The molecule has 2 unspecified atom stereocenters. The molecule has 0 amide bonds. The van der Waals surface area contributed by atoms with Gasteiger partial charge in [-0.3, -0.25) is 4.79 Å². The monoisotopic (exact) mass is 279 g/mol. The zero-order valence-electron chi connectivity index (χ0n) is 12.8. The predicted molar refractivity (Wildman–Crippen MR) is 79.3 cm³/mol. The zero-order valence-corrected chi connectivity index (χ0v) is 12.8. The summed E-state index contributed by atoms with van der Waals surface area (Å²) in [6, 6.07) is 8.24. The third kappa shape index (κ3) is 4.94. The summed E-state index contributed by atoms with van der Waals surface area (Å²) < 4.78 is 10.2. The molecule has 0 saturated heterocycles. The van der Waals surface area contributed by atoms with Gasteiger partial charge in [-0.1, -0.05) is 31.2 Å². The van der Waals surface area contributed by atoms with Crippen LogP contribution in [0.5, 0.6) is 0 Å². The van der Waals surface area contributed by atoms with Crippen LogP contribution in [0.1, 0.15) is 31.9 Å². The SMILES string of the molecule is CCOCc1ccccc1CNC(C)C(C)C(=O)OC. The summed E-state index contributed by atoms with van der Waals surface area (Å²) >= 11 is 0. The standard InChI is InChI=1S/C16H25NO3/c1-5-20-11-15-9-7-6-8-14(15)10-17-13(3)12(2)16(18)19-4/h6-9,12-13,17H,5,10-11H2,1-4H3. The first-order chi connectivity index (χ1) is 9.60. The van der Waals surface area contributed by atoms with Gasteiger partial charge in [0.15, 0.2) is 0 Å². The van der Waals surface area contributed by atoms with Gasteiger partial charge < -0.3 is 14.8 Å². The van der Waals surface area contributed by atoms with Gasteiger partial charge in [0.05, 0.1) is 19.6 Å². The highest BCUT2D eigenvalue weighted by Crippen LogP contribution is 2.12. The third-order valence-corrected chi connectivity index (χ3v) is 3.52.